The van der Waals surface area contributed by atoms with Crippen molar-refractivity contribution in [3.8, 4) is 16.6 Å². The van der Waals surface area contributed by atoms with Crippen molar-refractivity contribution in [1.82, 2.24) is 4.98 Å². The normalized spacial score (nSPS) is 10.5. The van der Waals surface area contributed by atoms with Crippen LogP contribution in [-0.4, -0.2) is 10.9 Å². The number of amides is 1. The number of nitrogens with one attached hydrogen (secondary N) is 1. The van der Waals surface area contributed by atoms with Gasteiger partial charge in [0.25, 0.3) is 0 Å². The van der Waals surface area contributed by atoms with E-state index >= 15 is 0 Å². The lowest BCUT2D eigenvalue weighted by Gasteiger charge is -2.02. The number of halogens is 1. The minimum atomic E-state index is -0.186. The van der Waals surface area contributed by atoms with Gasteiger partial charge in [0.2, 0.25) is 5.91 Å². The lowest BCUT2D eigenvalue weighted by molar-refractivity contribution is -0.115. The van der Waals surface area contributed by atoms with Gasteiger partial charge in [0.1, 0.15) is 16.1 Å². The molecule has 0 unspecified atom stereocenters. The van der Waals surface area contributed by atoms with Crippen molar-refractivity contribution in [2.24, 2.45) is 0 Å². The number of carbonyl (C=O) groups excluding carboxylic acids is 1. The molecule has 126 valence electrons. The van der Waals surface area contributed by atoms with Gasteiger partial charge in [-0.05, 0) is 25.5 Å². The van der Waals surface area contributed by atoms with Gasteiger partial charge in [-0.25, -0.2) is 4.98 Å². The number of rotatable bonds is 4. The van der Waals surface area contributed by atoms with Crippen LogP contribution in [0.5, 0.6) is 0 Å². The number of aryl methyl sites for hydroxylation is 1. The fraction of sp³-hybridized carbons (Fsp3) is 0.167. The number of benzene rings is 1. The van der Waals surface area contributed by atoms with Gasteiger partial charge in [-0.1, -0.05) is 29.8 Å². The molecule has 1 N–H and O–H groups in total. The van der Waals surface area contributed by atoms with E-state index in [4.69, 9.17) is 11.6 Å². The van der Waals surface area contributed by atoms with Crippen molar-refractivity contribution in [2.45, 2.75) is 20.3 Å². The molecule has 1 amide bonds. The zero-order valence-electron chi connectivity index (χ0n) is 13.6. The molecule has 3 rings (SSSR count). The summed E-state index contributed by atoms with van der Waals surface area (Å²) in [5.74, 6) is -0.186. The van der Waals surface area contributed by atoms with Gasteiger partial charge in [0, 0.05) is 15.8 Å². The van der Waals surface area contributed by atoms with Crippen LogP contribution >= 0.6 is 34.3 Å². The summed E-state index contributed by atoms with van der Waals surface area (Å²) in [4.78, 5) is 17.8. The van der Waals surface area contributed by atoms with E-state index in [1.165, 1.54) is 22.7 Å². The zero-order valence-corrected chi connectivity index (χ0v) is 16.0. The quantitative estimate of drug-likeness (QED) is 0.669. The predicted molar refractivity (Wildman–Crippen MR) is 103 cm³/mol. The van der Waals surface area contributed by atoms with Crippen molar-refractivity contribution >= 4 is 45.2 Å². The fourth-order valence-electron chi connectivity index (χ4n) is 2.33. The maximum absolute atomic E-state index is 12.3. The van der Waals surface area contributed by atoms with Gasteiger partial charge in [0.05, 0.1) is 22.7 Å². The van der Waals surface area contributed by atoms with Gasteiger partial charge < -0.3 is 5.32 Å². The lowest BCUT2D eigenvalue weighted by atomic mass is 10.2. The van der Waals surface area contributed by atoms with Gasteiger partial charge in [0.15, 0.2) is 0 Å². The summed E-state index contributed by atoms with van der Waals surface area (Å²) < 4.78 is 0. The van der Waals surface area contributed by atoms with Gasteiger partial charge in [-0.3, -0.25) is 4.79 Å². The third kappa shape index (κ3) is 3.74. The van der Waals surface area contributed by atoms with Gasteiger partial charge in [-0.15, -0.1) is 22.7 Å². The summed E-state index contributed by atoms with van der Waals surface area (Å²) in [5, 5.41) is 16.0. The Balaban J connectivity index is 1.74. The number of carbonyl (C=O) groups is 1. The van der Waals surface area contributed by atoms with Crippen LogP contribution in [0.3, 0.4) is 0 Å². The van der Waals surface area contributed by atoms with E-state index in [1.54, 1.807) is 0 Å². The molecule has 4 nitrogen and oxygen atoms in total. The largest absolute Gasteiger partial charge is 0.316 e. The molecule has 25 heavy (non-hydrogen) atoms. The second kappa shape index (κ2) is 7.36. The highest BCUT2D eigenvalue weighted by molar-refractivity contribution is 7.16. The molecule has 0 saturated carbocycles. The van der Waals surface area contributed by atoms with Gasteiger partial charge in [-0.2, -0.15) is 5.26 Å². The van der Waals surface area contributed by atoms with Crippen LogP contribution in [0.15, 0.2) is 29.6 Å². The Labute approximate surface area is 158 Å². The van der Waals surface area contributed by atoms with Crippen molar-refractivity contribution in [3.05, 3.63) is 56.4 Å². The van der Waals surface area contributed by atoms with E-state index in [1.807, 2.05) is 43.5 Å². The van der Waals surface area contributed by atoms with Gasteiger partial charge >= 0.3 is 0 Å². The molecule has 0 saturated heterocycles. The Morgan fingerprint density at radius 3 is 2.84 bits per heavy atom. The first-order valence-electron chi connectivity index (χ1n) is 7.49. The van der Waals surface area contributed by atoms with Crippen molar-refractivity contribution < 1.29 is 4.79 Å². The Kier molecular flexibility index (Phi) is 5.19. The summed E-state index contributed by atoms with van der Waals surface area (Å²) in [6.07, 6.45) is 0.155. The Morgan fingerprint density at radius 2 is 2.12 bits per heavy atom. The first-order chi connectivity index (χ1) is 12.0. The smallest absolute Gasteiger partial charge is 0.231 e. The standard InChI is InChI=1S/C18H14ClN3OS2/c1-10-11(2)25-18(14(10)8-20)22-16(23)7-12-9-24-17(21-12)13-5-3-4-6-15(13)19/h3-6,9H,7H2,1-2H3,(H,22,23). The number of thiazole rings is 1. The topological polar surface area (TPSA) is 65.8 Å². The average molecular weight is 388 g/mol. The minimum absolute atomic E-state index is 0.155. The summed E-state index contributed by atoms with van der Waals surface area (Å²) in [6.45, 7) is 3.82. The molecule has 0 atom stereocenters. The number of hydrogen-bond donors (Lipinski definition) is 1. The van der Waals surface area contributed by atoms with E-state index in [2.05, 4.69) is 16.4 Å². The monoisotopic (exact) mass is 387 g/mol. The minimum Gasteiger partial charge on any atom is -0.316 e. The second-order valence-electron chi connectivity index (χ2n) is 5.45. The Bertz CT molecular complexity index is 985. The number of thiophene rings is 1. The number of nitrogens with zero attached hydrogens (tertiary/aromatic N) is 2. The average Bonchev–Trinajstić information content (AvgIpc) is 3.13. The number of anilines is 1. The van der Waals surface area contributed by atoms with Crippen LogP contribution < -0.4 is 5.32 Å². The summed E-state index contributed by atoms with van der Waals surface area (Å²) in [7, 11) is 0. The van der Waals surface area contributed by atoms with Crippen LogP contribution in [0.2, 0.25) is 5.02 Å². The SMILES string of the molecule is Cc1sc(NC(=O)Cc2csc(-c3ccccc3Cl)n2)c(C#N)c1C. The molecule has 0 bridgehead atoms. The van der Waals surface area contributed by atoms with E-state index in [9.17, 15) is 10.1 Å². The van der Waals surface area contributed by atoms with E-state index < -0.39 is 0 Å². The maximum atomic E-state index is 12.3. The molecule has 3 aromatic rings. The van der Waals surface area contributed by atoms with Crippen molar-refractivity contribution in [3.63, 3.8) is 0 Å². The van der Waals surface area contributed by atoms with E-state index in [0.717, 1.165) is 21.0 Å². The third-order valence-electron chi connectivity index (χ3n) is 3.75. The van der Waals surface area contributed by atoms with Crippen molar-refractivity contribution in [1.29, 1.82) is 5.26 Å². The summed E-state index contributed by atoms with van der Waals surface area (Å²) >= 11 is 9.06. The predicted octanol–water partition coefficient (Wildman–Crippen LogP) is 5.19. The van der Waals surface area contributed by atoms with E-state index in [0.29, 0.717) is 21.3 Å². The van der Waals surface area contributed by atoms with Crippen LogP contribution in [0, 0.1) is 25.2 Å². The number of aromatic nitrogens is 1. The molecule has 7 heteroatoms. The van der Waals surface area contributed by atoms with Crippen LogP contribution in [0.1, 0.15) is 21.7 Å². The molecule has 2 heterocycles. The zero-order chi connectivity index (χ0) is 18.0. The Morgan fingerprint density at radius 1 is 1.36 bits per heavy atom. The number of hydrogen-bond acceptors (Lipinski definition) is 5. The molecule has 0 spiro atoms. The maximum Gasteiger partial charge on any atom is 0.231 e. The molecule has 0 aliphatic carbocycles. The van der Waals surface area contributed by atoms with Crippen LogP contribution in [-0.2, 0) is 11.2 Å². The molecule has 0 aliphatic rings. The highest BCUT2D eigenvalue weighted by atomic mass is 35.5. The van der Waals surface area contributed by atoms with Crippen molar-refractivity contribution in [2.75, 3.05) is 5.32 Å². The Hall–Kier alpha value is -2.20. The first kappa shape index (κ1) is 17.6. The molecular formula is C18H14ClN3OS2. The first-order valence-corrected chi connectivity index (χ1v) is 9.56. The summed E-state index contributed by atoms with van der Waals surface area (Å²) in [6, 6.07) is 9.64. The third-order valence-corrected chi connectivity index (χ3v) is 6.12. The summed E-state index contributed by atoms with van der Waals surface area (Å²) in [5.41, 5.74) is 2.99. The highest BCUT2D eigenvalue weighted by Crippen LogP contribution is 2.32. The molecule has 1 aromatic carbocycles. The van der Waals surface area contributed by atoms with E-state index in [-0.39, 0.29) is 12.3 Å². The molecule has 0 radical (unpaired) electrons. The highest BCUT2D eigenvalue weighted by Gasteiger charge is 2.16. The molecule has 2 aromatic heterocycles. The molecule has 0 aliphatic heterocycles. The lowest BCUT2D eigenvalue weighted by Crippen LogP contribution is -2.14. The second-order valence-corrected chi connectivity index (χ2v) is 7.94. The number of nitriles is 1. The fourth-order valence-corrected chi connectivity index (χ4v) is 4.50. The van der Waals surface area contributed by atoms with Crippen LogP contribution in [0.25, 0.3) is 10.6 Å². The van der Waals surface area contributed by atoms with Crippen LogP contribution in [0.4, 0.5) is 5.00 Å². The molecule has 0 fully saturated rings. The molecular weight excluding hydrogens is 374 g/mol.